The van der Waals surface area contributed by atoms with E-state index in [0.717, 1.165) is 12.4 Å². The molecule has 0 N–H and O–H groups in total. The normalized spacial score (nSPS) is 10.7. The number of aromatic nitrogens is 2. The third kappa shape index (κ3) is 2.55. The smallest absolute Gasteiger partial charge is 0.243 e. The molecule has 21 heavy (non-hydrogen) atoms. The van der Waals surface area contributed by atoms with E-state index < -0.39 is 19.9 Å². The molecule has 0 aliphatic carbocycles. The Hall–Kier alpha value is -2.19. The van der Waals surface area contributed by atoms with Crippen LogP contribution >= 0.6 is 23.2 Å². The number of hydrogen-bond acceptors (Lipinski definition) is 6. The molecule has 6 nitrogen and oxygen atoms in total. The molecule has 2 heterocycles. The summed E-state index contributed by atoms with van der Waals surface area (Å²) >= 11 is 11.6. The highest BCUT2D eigenvalue weighted by Gasteiger charge is 2.29. The van der Waals surface area contributed by atoms with Gasteiger partial charge in [-0.05, 0) is 12.1 Å². The molecule has 0 amide bonds. The summed E-state index contributed by atoms with van der Waals surface area (Å²) in [7, 11) is -4.31. The van der Waals surface area contributed by atoms with E-state index in [1.807, 2.05) is 0 Å². The molecule has 0 fully saturated rings. The predicted octanol–water partition coefficient (Wildman–Crippen LogP) is 2.36. The Kier molecular flexibility index (Phi) is 4.10. The highest BCUT2D eigenvalue weighted by atomic mass is 35.5. The van der Waals surface area contributed by atoms with Crippen LogP contribution in [0.2, 0.25) is 10.0 Å². The second-order valence-corrected chi connectivity index (χ2v) is 6.27. The van der Waals surface area contributed by atoms with E-state index in [4.69, 9.17) is 33.7 Å². The van der Waals surface area contributed by atoms with Crippen molar-refractivity contribution in [3.63, 3.8) is 0 Å². The largest absolute Gasteiger partial charge is 0.243 e. The highest BCUT2D eigenvalue weighted by molar-refractivity contribution is 7.91. The second-order valence-electron chi connectivity index (χ2n) is 3.67. The van der Waals surface area contributed by atoms with E-state index in [0.29, 0.717) is 0 Å². The Labute approximate surface area is 130 Å². The molecule has 0 aliphatic heterocycles. The first-order valence-electron chi connectivity index (χ1n) is 5.27. The number of pyridine rings is 2. The average Bonchev–Trinajstić information content (AvgIpc) is 2.46. The summed E-state index contributed by atoms with van der Waals surface area (Å²) < 4.78 is 25.1. The minimum absolute atomic E-state index is 0.0633. The Morgan fingerprint density at radius 3 is 1.62 bits per heavy atom. The first-order chi connectivity index (χ1) is 9.93. The van der Waals surface area contributed by atoms with Crippen LogP contribution in [0.1, 0.15) is 11.1 Å². The van der Waals surface area contributed by atoms with Crippen LogP contribution in [0.4, 0.5) is 0 Å². The molecule has 0 saturated carbocycles. The number of sulfone groups is 1. The SMILES string of the molecule is N#Cc1c(Cl)ccnc1S(=O)(=O)c1nccc(Cl)c1C#N. The lowest BCUT2D eigenvalue weighted by atomic mass is 10.3. The lowest BCUT2D eigenvalue weighted by molar-refractivity contribution is 0.588. The van der Waals surface area contributed by atoms with Gasteiger partial charge in [-0.25, -0.2) is 18.4 Å². The predicted molar refractivity (Wildman–Crippen MR) is 73.4 cm³/mol. The van der Waals surface area contributed by atoms with Crippen molar-refractivity contribution in [3.8, 4) is 12.1 Å². The summed E-state index contributed by atoms with van der Waals surface area (Å²) in [5.41, 5.74) is -0.630. The molecule has 0 saturated heterocycles. The van der Waals surface area contributed by atoms with Gasteiger partial charge in [-0.3, -0.25) is 0 Å². The van der Waals surface area contributed by atoms with E-state index in [-0.39, 0.29) is 21.2 Å². The maximum Gasteiger partial charge on any atom is 0.243 e. The zero-order chi connectivity index (χ0) is 15.6. The Bertz CT molecular complexity index is 844. The van der Waals surface area contributed by atoms with Crippen molar-refractivity contribution in [1.29, 1.82) is 10.5 Å². The fourth-order valence-electron chi connectivity index (χ4n) is 1.54. The van der Waals surface area contributed by atoms with Gasteiger partial charge in [0.05, 0.1) is 10.0 Å². The fraction of sp³-hybridized carbons (Fsp3) is 0. The lowest BCUT2D eigenvalue weighted by Gasteiger charge is -2.07. The monoisotopic (exact) mass is 338 g/mol. The summed E-state index contributed by atoms with van der Waals surface area (Å²) in [6.07, 6.45) is 2.29. The maximum atomic E-state index is 12.6. The van der Waals surface area contributed by atoms with Gasteiger partial charge in [0, 0.05) is 12.4 Å². The molecular weight excluding hydrogens is 335 g/mol. The second kappa shape index (κ2) is 5.66. The van der Waals surface area contributed by atoms with Gasteiger partial charge < -0.3 is 0 Å². The van der Waals surface area contributed by atoms with Crippen LogP contribution < -0.4 is 0 Å². The van der Waals surface area contributed by atoms with Crippen LogP contribution in [-0.4, -0.2) is 18.4 Å². The molecule has 0 atom stereocenters. The van der Waals surface area contributed by atoms with E-state index in [1.54, 1.807) is 12.1 Å². The van der Waals surface area contributed by atoms with Gasteiger partial charge >= 0.3 is 0 Å². The summed E-state index contributed by atoms with van der Waals surface area (Å²) in [4.78, 5) is 7.35. The zero-order valence-electron chi connectivity index (χ0n) is 10.1. The molecule has 2 rings (SSSR count). The Balaban J connectivity index is 2.83. The van der Waals surface area contributed by atoms with Crippen LogP contribution in [0.3, 0.4) is 0 Å². The molecule has 9 heteroatoms. The van der Waals surface area contributed by atoms with Crippen molar-refractivity contribution in [3.05, 3.63) is 45.7 Å². The molecule has 0 unspecified atom stereocenters. The molecule has 0 bridgehead atoms. The van der Waals surface area contributed by atoms with Gasteiger partial charge in [-0.1, -0.05) is 23.2 Å². The zero-order valence-corrected chi connectivity index (χ0v) is 12.4. The van der Waals surface area contributed by atoms with E-state index >= 15 is 0 Å². The summed E-state index contributed by atoms with van der Waals surface area (Å²) in [6.45, 7) is 0. The van der Waals surface area contributed by atoms with Crippen LogP contribution in [0.15, 0.2) is 34.6 Å². The molecule has 104 valence electrons. The van der Waals surface area contributed by atoms with Crippen molar-refractivity contribution < 1.29 is 8.42 Å². The van der Waals surface area contributed by atoms with Gasteiger partial charge in [0.15, 0.2) is 10.1 Å². The molecule has 2 aromatic heterocycles. The van der Waals surface area contributed by atoms with Crippen LogP contribution in [0, 0.1) is 22.7 Å². The number of halogens is 2. The van der Waals surface area contributed by atoms with Crippen LogP contribution in [0.25, 0.3) is 0 Å². The molecule has 2 aromatic rings. The minimum atomic E-state index is -4.31. The number of nitrogens with zero attached hydrogens (tertiary/aromatic N) is 4. The van der Waals surface area contributed by atoms with Crippen LogP contribution in [0.5, 0.6) is 0 Å². The first-order valence-corrected chi connectivity index (χ1v) is 7.51. The van der Waals surface area contributed by atoms with Crippen LogP contribution in [-0.2, 0) is 9.84 Å². The van der Waals surface area contributed by atoms with Gasteiger partial charge in [0.2, 0.25) is 9.84 Å². The standard InChI is InChI=1S/C12H4Cl2N4O2S/c13-9-1-3-17-11(7(9)5-15)21(19,20)12-8(6-16)10(14)2-4-18-12/h1-4H. The maximum absolute atomic E-state index is 12.6. The third-order valence-electron chi connectivity index (χ3n) is 2.46. The summed E-state index contributed by atoms with van der Waals surface area (Å²) in [5, 5.41) is 16.8. The molecule has 0 aromatic carbocycles. The van der Waals surface area contributed by atoms with E-state index in [1.165, 1.54) is 12.1 Å². The fourth-order valence-corrected chi connectivity index (χ4v) is 3.46. The van der Waals surface area contributed by atoms with Gasteiger partial charge in [-0.2, -0.15) is 10.5 Å². The molecule has 0 aliphatic rings. The van der Waals surface area contributed by atoms with Gasteiger partial charge in [-0.15, -0.1) is 0 Å². The lowest BCUT2D eigenvalue weighted by Crippen LogP contribution is -2.11. The van der Waals surface area contributed by atoms with Crippen molar-refractivity contribution in [2.45, 2.75) is 10.1 Å². The Morgan fingerprint density at radius 2 is 1.29 bits per heavy atom. The third-order valence-corrected chi connectivity index (χ3v) is 4.73. The topological polar surface area (TPSA) is 108 Å². The molecular formula is C12H4Cl2N4O2S. The number of nitriles is 2. The van der Waals surface area contributed by atoms with Gasteiger partial charge in [0.1, 0.15) is 23.3 Å². The quantitative estimate of drug-likeness (QED) is 0.831. The highest BCUT2D eigenvalue weighted by Crippen LogP contribution is 2.29. The summed E-state index contributed by atoms with van der Waals surface area (Å²) in [5.74, 6) is 0. The van der Waals surface area contributed by atoms with Crippen molar-refractivity contribution in [2.75, 3.05) is 0 Å². The first kappa shape index (κ1) is 15.2. The van der Waals surface area contributed by atoms with Crippen molar-refractivity contribution in [1.82, 2.24) is 9.97 Å². The summed E-state index contributed by atoms with van der Waals surface area (Å²) in [6, 6.07) is 5.92. The molecule has 0 spiro atoms. The number of rotatable bonds is 2. The van der Waals surface area contributed by atoms with Gasteiger partial charge in [0.25, 0.3) is 0 Å². The van der Waals surface area contributed by atoms with Crippen molar-refractivity contribution in [2.24, 2.45) is 0 Å². The van der Waals surface area contributed by atoms with E-state index in [2.05, 4.69) is 9.97 Å². The Morgan fingerprint density at radius 1 is 0.905 bits per heavy atom. The van der Waals surface area contributed by atoms with E-state index in [9.17, 15) is 8.42 Å². The average molecular weight is 339 g/mol. The molecule has 0 radical (unpaired) electrons. The minimum Gasteiger partial charge on any atom is -0.243 e. The number of hydrogen-bond donors (Lipinski definition) is 0. The van der Waals surface area contributed by atoms with Crippen molar-refractivity contribution >= 4 is 33.0 Å².